The average molecular weight is 347 g/mol. The van der Waals surface area contributed by atoms with E-state index in [1.807, 2.05) is 0 Å². The van der Waals surface area contributed by atoms with E-state index in [0.29, 0.717) is 6.41 Å². The van der Waals surface area contributed by atoms with Crippen molar-refractivity contribution in [2.45, 2.75) is 32.5 Å². The molecule has 132 valence electrons. The molecular formula is C14H16F3N3O4. The molecule has 2 aromatic heterocycles. The van der Waals surface area contributed by atoms with Gasteiger partial charge in [0.15, 0.2) is 0 Å². The Morgan fingerprint density at radius 1 is 1.33 bits per heavy atom. The number of fused-ring (bicyclic) bond motifs is 1. The Hall–Kier alpha value is -2.36. The second-order valence-corrected chi connectivity index (χ2v) is 5.82. The molecule has 0 unspecified atom stereocenters. The van der Waals surface area contributed by atoms with Crippen LogP contribution >= 0.6 is 0 Å². The summed E-state index contributed by atoms with van der Waals surface area (Å²) >= 11 is 0. The number of halogens is 3. The number of rotatable bonds is 6. The number of carbonyl (C=O) groups excluding carboxylic acids is 1. The number of pyridine rings is 1. The average Bonchev–Trinajstić information content (AvgIpc) is 2.87. The summed E-state index contributed by atoms with van der Waals surface area (Å²) in [7, 11) is 0. The lowest BCUT2D eigenvalue weighted by Crippen LogP contribution is -2.35. The third kappa shape index (κ3) is 4.34. The Kier molecular flexibility index (Phi) is 4.97. The van der Waals surface area contributed by atoms with Crippen molar-refractivity contribution in [3.8, 4) is 5.88 Å². The summed E-state index contributed by atoms with van der Waals surface area (Å²) < 4.78 is 49.1. The number of alkyl halides is 3. The standard InChI is InChI=1S/C14H16F3N3O4/c1-13(2,3)24-20(8-21)6-7-22-12-10-9(14(15,16)17)4-5-18-11(10)23-19-12/h4-5,8H,6-7H2,1-3H3. The molecule has 0 fully saturated rings. The van der Waals surface area contributed by atoms with Crippen LogP contribution in [0.5, 0.6) is 5.88 Å². The molecule has 2 rings (SSSR count). The van der Waals surface area contributed by atoms with E-state index in [2.05, 4.69) is 10.1 Å². The summed E-state index contributed by atoms with van der Waals surface area (Å²) in [5.41, 5.74) is -1.84. The summed E-state index contributed by atoms with van der Waals surface area (Å²) in [6.45, 7) is 5.10. The lowest BCUT2D eigenvalue weighted by molar-refractivity contribution is -0.217. The molecule has 0 saturated carbocycles. The maximum atomic E-state index is 13.0. The van der Waals surface area contributed by atoms with Crippen LogP contribution in [0.3, 0.4) is 0 Å². The molecule has 2 aromatic rings. The molecule has 1 amide bonds. The van der Waals surface area contributed by atoms with Crippen LogP contribution in [0, 0.1) is 0 Å². The Balaban J connectivity index is 2.12. The van der Waals surface area contributed by atoms with Crippen LogP contribution in [0.2, 0.25) is 0 Å². The first-order chi connectivity index (χ1) is 11.1. The fourth-order valence-electron chi connectivity index (χ4n) is 1.89. The van der Waals surface area contributed by atoms with Crippen molar-refractivity contribution in [3.63, 3.8) is 0 Å². The van der Waals surface area contributed by atoms with E-state index >= 15 is 0 Å². The Morgan fingerprint density at radius 2 is 2.04 bits per heavy atom. The molecule has 0 spiro atoms. The normalized spacial score (nSPS) is 12.4. The summed E-state index contributed by atoms with van der Waals surface area (Å²) in [6.07, 6.45) is -3.17. The quantitative estimate of drug-likeness (QED) is 0.591. The van der Waals surface area contributed by atoms with Gasteiger partial charge in [0, 0.05) is 6.20 Å². The van der Waals surface area contributed by atoms with E-state index in [4.69, 9.17) is 14.1 Å². The van der Waals surface area contributed by atoms with Crippen LogP contribution in [0.15, 0.2) is 16.8 Å². The largest absolute Gasteiger partial charge is 0.473 e. The first-order valence-electron chi connectivity index (χ1n) is 6.97. The lowest BCUT2D eigenvalue weighted by atomic mass is 10.2. The minimum Gasteiger partial charge on any atom is -0.473 e. The molecular weight excluding hydrogens is 331 g/mol. The highest BCUT2D eigenvalue weighted by Gasteiger charge is 2.35. The first kappa shape index (κ1) is 18.0. The van der Waals surface area contributed by atoms with Crippen LogP contribution in [-0.2, 0) is 15.8 Å². The van der Waals surface area contributed by atoms with Gasteiger partial charge >= 0.3 is 6.18 Å². The minimum atomic E-state index is -4.60. The molecule has 0 aliphatic heterocycles. The Morgan fingerprint density at radius 3 is 2.62 bits per heavy atom. The zero-order chi connectivity index (χ0) is 18.0. The zero-order valence-corrected chi connectivity index (χ0v) is 13.3. The van der Waals surface area contributed by atoms with Crippen molar-refractivity contribution in [1.82, 2.24) is 15.2 Å². The zero-order valence-electron chi connectivity index (χ0n) is 13.3. The van der Waals surface area contributed by atoms with Gasteiger partial charge in [-0.2, -0.15) is 13.2 Å². The van der Waals surface area contributed by atoms with Gasteiger partial charge in [-0.25, -0.2) is 10.0 Å². The van der Waals surface area contributed by atoms with Gasteiger partial charge < -0.3 is 9.26 Å². The van der Waals surface area contributed by atoms with Gasteiger partial charge in [-0.3, -0.25) is 9.63 Å². The van der Waals surface area contributed by atoms with Gasteiger partial charge in [0.05, 0.1) is 17.7 Å². The number of hydroxylamine groups is 2. The molecule has 0 N–H and O–H groups in total. The molecule has 0 aliphatic carbocycles. The SMILES string of the molecule is CC(C)(C)ON(C=O)CCOc1noc2nccc(C(F)(F)F)c12. The van der Waals surface area contributed by atoms with Crippen LogP contribution in [0.1, 0.15) is 26.3 Å². The molecule has 0 aromatic carbocycles. The van der Waals surface area contributed by atoms with E-state index in [0.717, 1.165) is 17.3 Å². The number of ether oxygens (including phenoxy) is 1. The molecule has 0 bridgehead atoms. The predicted octanol–water partition coefficient (Wildman–Crippen LogP) is 2.81. The number of carbonyl (C=O) groups is 1. The van der Waals surface area contributed by atoms with Crippen molar-refractivity contribution >= 4 is 17.5 Å². The molecule has 2 heterocycles. The van der Waals surface area contributed by atoms with Gasteiger partial charge in [0.25, 0.3) is 11.6 Å². The Bertz CT molecular complexity index is 709. The third-order valence-electron chi connectivity index (χ3n) is 2.71. The number of amides is 1. The molecule has 24 heavy (non-hydrogen) atoms. The van der Waals surface area contributed by atoms with Crippen molar-refractivity contribution in [2.24, 2.45) is 0 Å². The molecule has 0 saturated heterocycles. The van der Waals surface area contributed by atoms with Crippen LogP contribution in [0.25, 0.3) is 11.1 Å². The van der Waals surface area contributed by atoms with E-state index in [-0.39, 0.29) is 30.1 Å². The van der Waals surface area contributed by atoms with Gasteiger partial charge in [-0.15, -0.1) is 0 Å². The number of aromatic nitrogens is 2. The Labute approximate surface area is 135 Å². The fourth-order valence-corrected chi connectivity index (χ4v) is 1.89. The lowest BCUT2D eigenvalue weighted by Gasteiger charge is -2.26. The summed E-state index contributed by atoms with van der Waals surface area (Å²) in [5, 5.41) is 4.09. The van der Waals surface area contributed by atoms with E-state index in [9.17, 15) is 18.0 Å². The van der Waals surface area contributed by atoms with Crippen LogP contribution < -0.4 is 4.74 Å². The van der Waals surface area contributed by atoms with Crippen LogP contribution in [-0.4, -0.2) is 40.4 Å². The van der Waals surface area contributed by atoms with Crippen LogP contribution in [0.4, 0.5) is 13.2 Å². The number of nitrogens with zero attached hydrogens (tertiary/aromatic N) is 3. The fraction of sp³-hybridized carbons (Fsp3) is 0.500. The number of hydrogen-bond acceptors (Lipinski definition) is 6. The monoisotopic (exact) mass is 347 g/mol. The van der Waals surface area contributed by atoms with Crippen molar-refractivity contribution in [1.29, 1.82) is 0 Å². The third-order valence-corrected chi connectivity index (χ3v) is 2.71. The second kappa shape index (κ2) is 6.63. The van der Waals surface area contributed by atoms with Gasteiger partial charge in [0.1, 0.15) is 12.0 Å². The van der Waals surface area contributed by atoms with Gasteiger partial charge in [-0.05, 0) is 32.0 Å². The maximum absolute atomic E-state index is 13.0. The summed E-state index contributed by atoms with van der Waals surface area (Å²) in [6, 6.07) is 0.812. The van der Waals surface area contributed by atoms with Gasteiger partial charge in [-0.1, -0.05) is 0 Å². The van der Waals surface area contributed by atoms with E-state index < -0.39 is 17.3 Å². The minimum absolute atomic E-state index is 0.00324. The molecule has 0 radical (unpaired) electrons. The molecule has 10 heteroatoms. The summed E-state index contributed by atoms with van der Waals surface area (Å²) in [4.78, 5) is 19.9. The van der Waals surface area contributed by atoms with Crippen molar-refractivity contribution in [2.75, 3.05) is 13.2 Å². The van der Waals surface area contributed by atoms with E-state index in [1.54, 1.807) is 20.8 Å². The molecule has 7 nitrogen and oxygen atoms in total. The smallest absolute Gasteiger partial charge is 0.417 e. The van der Waals surface area contributed by atoms with Gasteiger partial charge in [0.2, 0.25) is 6.41 Å². The highest BCUT2D eigenvalue weighted by Crippen LogP contribution is 2.37. The highest BCUT2D eigenvalue weighted by atomic mass is 19.4. The second-order valence-electron chi connectivity index (χ2n) is 5.82. The van der Waals surface area contributed by atoms with E-state index in [1.165, 1.54) is 0 Å². The van der Waals surface area contributed by atoms with Crippen molar-refractivity contribution < 1.29 is 32.1 Å². The predicted molar refractivity (Wildman–Crippen MR) is 75.9 cm³/mol. The highest BCUT2D eigenvalue weighted by molar-refractivity contribution is 5.83. The number of hydrogen-bond donors (Lipinski definition) is 0. The summed E-state index contributed by atoms with van der Waals surface area (Å²) in [5.74, 6) is -0.341. The topological polar surface area (TPSA) is 77.7 Å². The molecule has 0 atom stereocenters. The molecule has 0 aliphatic rings. The maximum Gasteiger partial charge on any atom is 0.417 e. The van der Waals surface area contributed by atoms with Crippen molar-refractivity contribution in [3.05, 3.63) is 17.8 Å². The first-order valence-corrected chi connectivity index (χ1v) is 6.97.